The third kappa shape index (κ3) is 2.22. The van der Waals surface area contributed by atoms with Crippen LogP contribution in [0, 0.1) is 6.92 Å². The topological polar surface area (TPSA) is 73.7 Å². The maximum absolute atomic E-state index is 13.2. The van der Waals surface area contributed by atoms with Gasteiger partial charge in [-0.15, -0.1) is 5.10 Å². The first-order valence-electron chi connectivity index (χ1n) is 8.23. The van der Waals surface area contributed by atoms with Crippen LogP contribution < -0.4 is 11.1 Å². The van der Waals surface area contributed by atoms with Crippen molar-refractivity contribution in [2.75, 3.05) is 0 Å². The molecule has 0 aliphatic carbocycles. The predicted molar refractivity (Wildman–Crippen MR) is 103 cm³/mol. The summed E-state index contributed by atoms with van der Waals surface area (Å²) < 4.78 is 4.36. The smallest absolute Gasteiger partial charge is 0.268 e. The molecule has 7 nitrogen and oxygen atoms in total. The van der Waals surface area contributed by atoms with Crippen molar-refractivity contribution < 1.29 is 0 Å². The minimum atomic E-state index is -0.310. The van der Waals surface area contributed by atoms with Crippen LogP contribution in [0.3, 0.4) is 0 Å². The summed E-state index contributed by atoms with van der Waals surface area (Å²) in [6.45, 7) is 1.75. The number of nitrogens with zero attached hydrogens (tertiary/aromatic N) is 5. The van der Waals surface area contributed by atoms with Crippen LogP contribution in [0.25, 0.3) is 28.1 Å². The first-order chi connectivity index (χ1) is 13.0. The van der Waals surface area contributed by atoms with E-state index in [0.717, 1.165) is 0 Å². The molecule has 8 heteroatoms. The van der Waals surface area contributed by atoms with Crippen LogP contribution in [0.2, 0.25) is 5.02 Å². The van der Waals surface area contributed by atoms with Crippen molar-refractivity contribution in [3.63, 3.8) is 0 Å². The first-order valence-corrected chi connectivity index (χ1v) is 8.61. The third-order valence-electron chi connectivity index (χ3n) is 4.44. The summed E-state index contributed by atoms with van der Waals surface area (Å²) in [5.74, 6) is 0.637. The predicted octanol–water partition coefficient (Wildman–Crippen LogP) is 2.61. The van der Waals surface area contributed by atoms with Gasteiger partial charge in [0, 0.05) is 16.8 Å². The zero-order chi connectivity index (χ0) is 18.7. The second kappa shape index (κ2) is 5.52. The van der Waals surface area contributed by atoms with Gasteiger partial charge < -0.3 is 0 Å². The molecule has 5 aromatic rings. The molecule has 0 aliphatic rings. The standard InChI is InChI=1S/C19H12ClN5O2/c1-11-9-16(26)25-18(21-11)24-15-8-3-2-7-14(15)17(27)23(19(24)22-25)13-6-4-5-12(20)10-13/h2-10H,1H3. The highest BCUT2D eigenvalue weighted by molar-refractivity contribution is 6.30. The average Bonchev–Trinajstić information content (AvgIpc) is 3.01. The molecule has 3 heterocycles. The lowest BCUT2D eigenvalue weighted by molar-refractivity contribution is 0.882. The summed E-state index contributed by atoms with van der Waals surface area (Å²) in [5.41, 5.74) is 1.20. The molecule has 2 aromatic carbocycles. The Morgan fingerprint density at radius 1 is 0.963 bits per heavy atom. The fourth-order valence-electron chi connectivity index (χ4n) is 3.31. The lowest BCUT2D eigenvalue weighted by Crippen LogP contribution is -2.21. The molecule has 5 rings (SSSR count). The molecule has 0 unspecified atom stereocenters. The van der Waals surface area contributed by atoms with E-state index >= 15 is 0 Å². The fourth-order valence-corrected chi connectivity index (χ4v) is 3.49. The highest BCUT2D eigenvalue weighted by Crippen LogP contribution is 2.20. The molecule has 0 aliphatic heterocycles. The number of halogens is 1. The third-order valence-corrected chi connectivity index (χ3v) is 4.68. The van der Waals surface area contributed by atoms with Crippen LogP contribution in [0.1, 0.15) is 5.69 Å². The number of fused-ring (bicyclic) bond motifs is 5. The maximum atomic E-state index is 13.2. The Hall–Kier alpha value is -3.45. The molecular weight excluding hydrogens is 366 g/mol. The van der Waals surface area contributed by atoms with E-state index in [2.05, 4.69) is 10.1 Å². The lowest BCUT2D eigenvalue weighted by atomic mass is 10.2. The summed E-state index contributed by atoms with van der Waals surface area (Å²) in [5, 5.41) is 5.38. The van der Waals surface area contributed by atoms with Gasteiger partial charge in [-0.1, -0.05) is 29.8 Å². The summed E-state index contributed by atoms with van der Waals surface area (Å²) in [4.78, 5) is 30.2. The van der Waals surface area contributed by atoms with Gasteiger partial charge in [0.1, 0.15) is 0 Å². The largest absolute Gasteiger partial charge is 0.276 e. The van der Waals surface area contributed by atoms with E-state index in [-0.39, 0.29) is 16.9 Å². The van der Waals surface area contributed by atoms with Crippen molar-refractivity contribution in [3.8, 4) is 5.69 Å². The van der Waals surface area contributed by atoms with Crippen molar-refractivity contribution in [1.29, 1.82) is 0 Å². The number of hydrogen-bond donors (Lipinski definition) is 0. The minimum Gasteiger partial charge on any atom is -0.268 e. The average molecular weight is 378 g/mol. The van der Waals surface area contributed by atoms with Gasteiger partial charge in [-0.25, -0.2) is 14.0 Å². The fraction of sp³-hybridized carbons (Fsp3) is 0.0526. The van der Waals surface area contributed by atoms with Gasteiger partial charge in [-0.3, -0.25) is 9.59 Å². The second-order valence-corrected chi connectivity index (χ2v) is 6.66. The quantitative estimate of drug-likeness (QED) is 0.450. The van der Waals surface area contributed by atoms with Gasteiger partial charge in [0.15, 0.2) is 0 Å². The number of benzene rings is 2. The Labute approximate surface area is 156 Å². The van der Waals surface area contributed by atoms with Crippen molar-refractivity contribution >= 4 is 34.1 Å². The van der Waals surface area contributed by atoms with E-state index in [4.69, 9.17) is 11.6 Å². The van der Waals surface area contributed by atoms with Gasteiger partial charge in [-0.2, -0.15) is 4.52 Å². The van der Waals surface area contributed by atoms with Gasteiger partial charge in [0.2, 0.25) is 11.6 Å². The van der Waals surface area contributed by atoms with Crippen LogP contribution in [-0.2, 0) is 0 Å². The summed E-state index contributed by atoms with van der Waals surface area (Å²) >= 11 is 6.13. The zero-order valence-corrected chi connectivity index (χ0v) is 14.9. The van der Waals surface area contributed by atoms with Crippen LogP contribution in [0.15, 0.2) is 64.2 Å². The molecule has 3 aromatic heterocycles. The van der Waals surface area contributed by atoms with Crippen molar-refractivity contribution in [2.45, 2.75) is 6.92 Å². The summed E-state index contributed by atoms with van der Waals surface area (Å²) in [6.07, 6.45) is 0. The zero-order valence-electron chi connectivity index (χ0n) is 14.1. The molecule has 0 N–H and O–H groups in total. The Kier molecular flexibility index (Phi) is 3.23. The van der Waals surface area contributed by atoms with Crippen LogP contribution in [0.5, 0.6) is 0 Å². The SMILES string of the molecule is Cc1cc(=O)n2nc3n(-c4cccc(Cl)c4)c(=O)c4ccccc4n3c2n1. The van der Waals surface area contributed by atoms with Gasteiger partial charge >= 0.3 is 0 Å². The van der Waals surface area contributed by atoms with Crippen LogP contribution >= 0.6 is 11.6 Å². The first kappa shape index (κ1) is 15.8. The Morgan fingerprint density at radius 3 is 2.59 bits per heavy atom. The van der Waals surface area contributed by atoms with Gasteiger partial charge in [0.05, 0.1) is 16.6 Å². The maximum Gasteiger partial charge on any atom is 0.276 e. The van der Waals surface area contributed by atoms with Crippen LogP contribution in [0.4, 0.5) is 0 Å². The molecule has 0 atom stereocenters. The number of aromatic nitrogens is 5. The Balaban J connectivity index is 2.13. The van der Waals surface area contributed by atoms with Crippen LogP contribution in [-0.4, -0.2) is 23.6 Å². The monoisotopic (exact) mass is 377 g/mol. The van der Waals surface area contributed by atoms with Crippen molar-refractivity contribution in [3.05, 3.63) is 86.0 Å². The van der Waals surface area contributed by atoms with E-state index in [1.54, 1.807) is 47.7 Å². The molecule has 0 saturated carbocycles. The van der Waals surface area contributed by atoms with Gasteiger partial charge in [-0.05, 0) is 37.3 Å². The molecule has 0 amide bonds. The normalized spacial score (nSPS) is 11.6. The van der Waals surface area contributed by atoms with E-state index in [1.807, 2.05) is 12.1 Å². The van der Waals surface area contributed by atoms with E-state index in [0.29, 0.717) is 33.1 Å². The number of rotatable bonds is 1. The molecular formula is C19H12ClN5O2. The van der Waals surface area contributed by atoms with E-state index in [9.17, 15) is 9.59 Å². The van der Waals surface area contributed by atoms with Gasteiger partial charge in [0.25, 0.3) is 11.1 Å². The molecule has 0 radical (unpaired) electrons. The van der Waals surface area contributed by atoms with E-state index < -0.39 is 0 Å². The molecule has 0 spiro atoms. The molecule has 27 heavy (non-hydrogen) atoms. The molecule has 0 fully saturated rings. The molecule has 0 bridgehead atoms. The molecule has 132 valence electrons. The highest BCUT2D eigenvalue weighted by atomic mass is 35.5. The number of hydrogen-bond acceptors (Lipinski definition) is 4. The second-order valence-electron chi connectivity index (χ2n) is 6.22. The number of aryl methyl sites for hydroxylation is 1. The highest BCUT2D eigenvalue weighted by Gasteiger charge is 2.18. The minimum absolute atomic E-state index is 0.250. The van der Waals surface area contributed by atoms with E-state index in [1.165, 1.54) is 15.1 Å². The Morgan fingerprint density at radius 2 is 1.78 bits per heavy atom. The summed E-state index contributed by atoms with van der Waals surface area (Å²) in [6, 6.07) is 15.5. The number of para-hydroxylation sites is 1. The lowest BCUT2D eigenvalue weighted by Gasteiger charge is -2.10. The molecule has 0 saturated heterocycles. The Bertz CT molecular complexity index is 1500. The summed E-state index contributed by atoms with van der Waals surface area (Å²) in [7, 11) is 0. The van der Waals surface area contributed by atoms with Crippen molar-refractivity contribution in [1.82, 2.24) is 23.6 Å². The van der Waals surface area contributed by atoms with Crippen molar-refractivity contribution in [2.24, 2.45) is 0 Å².